The average molecular weight is 940 g/mol. The van der Waals surface area contributed by atoms with Gasteiger partial charge in [-0.15, -0.1) is 5.01 Å². The molecule has 4 amide bonds. The smallest absolute Gasteiger partial charge is 0.426 e. The average Bonchev–Trinajstić information content (AvgIpc) is 3.83. The van der Waals surface area contributed by atoms with Crippen LogP contribution in [-0.4, -0.2) is 145 Å². The molecule has 0 aliphatic carbocycles. The molecule has 0 radical (unpaired) electrons. The summed E-state index contributed by atoms with van der Waals surface area (Å²) in [6, 6.07) is 0. The summed E-state index contributed by atoms with van der Waals surface area (Å²) in [6.45, 7) is 12.8. The molecule has 29 heteroatoms. The van der Waals surface area contributed by atoms with Crippen molar-refractivity contribution >= 4 is 24.0 Å². The van der Waals surface area contributed by atoms with Gasteiger partial charge >= 0.3 is 36.9 Å². The summed E-state index contributed by atoms with van der Waals surface area (Å²) in [5, 5.41) is 10.2. The Morgan fingerprint density at radius 3 is 1.42 bits per heavy atom. The molecule has 0 saturated carbocycles. The van der Waals surface area contributed by atoms with Gasteiger partial charge in [-0.3, -0.25) is 9.59 Å². The van der Waals surface area contributed by atoms with Crippen molar-refractivity contribution < 1.29 is 81.3 Å². The van der Waals surface area contributed by atoms with Crippen molar-refractivity contribution in [2.24, 2.45) is 0 Å². The molecule has 0 aromatic carbocycles. The molecule has 0 atom stereocenters. The SMILES string of the molecule is CC1(NC(=O)c2cn3c(n2)CNCC3)CCN(C(=O)OC(C(F)(F)F)C(F)(F)F)CC1.[C-]#[N+]N1CCn2cc(C(=O)NC3(C)CCN(C(=O)OC(C(F)(F)F)C(F)(F)F)CC3)nc2C1. The van der Waals surface area contributed by atoms with E-state index < -0.39 is 72.0 Å². The maximum Gasteiger partial charge on any atom is 0.434 e. The Kier molecular flexibility index (Phi) is 14.2. The number of likely N-dealkylation sites (tertiary alicyclic amines) is 2. The van der Waals surface area contributed by atoms with Crippen LogP contribution in [0.25, 0.3) is 4.95 Å². The quantitative estimate of drug-likeness (QED) is 0.266. The van der Waals surface area contributed by atoms with Gasteiger partial charge in [-0.25, -0.2) is 19.6 Å². The number of amides is 4. The summed E-state index contributed by atoms with van der Waals surface area (Å²) in [4.78, 5) is 62.3. The van der Waals surface area contributed by atoms with Gasteiger partial charge in [-0.05, 0) is 39.5 Å². The number of carbonyl (C=O) groups is 4. The standard InChI is InChI=1S/C18H20F6N6O3.C17H21F6N5O3/c1-16(27-13(31)11-9-29-7-8-30(25-2)10-12(29)26-11)3-5-28(6-4-16)15(32)33-14(17(19,20)21)18(22,23)24;1-15(26-12(29)10-9-28-7-4-24-8-11(28)25-10)2-5-27(6-3-15)14(30)31-13(16(18,19)20)17(21,22)23/h9,14H,3-8,10H2,1H3,(H,27,31);9,13,24H,2-8H2,1H3,(H,26,29). The van der Waals surface area contributed by atoms with Gasteiger partial charge in [0.15, 0.2) is 0 Å². The summed E-state index contributed by atoms with van der Waals surface area (Å²) in [6.07, 6.45) is -31.4. The molecule has 2 fully saturated rings. The van der Waals surface area contributed by atoms with Crippen LogP contribution < -0.4 is 16.0 Å². The van der Waals surface area contributed by atoms with Gasteiger partial charge in [0.25, 0.3) is 24.0 Å². The first-order chi connectivity index (χ1) is 29.5. The third-order valence-corrected chi connectivity index (χ3v) is 10.8. The van der Waals surface area contributed by atoms with Gasteiger partial charge in [0, 0.05) is 69.3 Å². The molecule has 0 bridgehead atoms. The molecule has 3 N–H and O–H groups in total. The molecule has 0 spiro atoms. The fourth-order valence-corrected chi connectivity index (χ4v) is 7.01. The molecule has 2 aromatic heterocycles. The summed E-state index contributed by atoms with van der Waals surface area (Å²) in [5.41, 5.74) is -1.35. The van der Waals surface area contributed by atoms with Crippen molar-refractivity contribution in [2.45, 2.75) is 114 Å². The van der Waals surface area contributed by atoms with Gasteiger partial charge in [0.1, 0.15) is 36.1 Å². The normalized spacial score (nSPS) is 18.8. The van der Waals surface area contributed by atoms with Crippen LogP contribution in [0, 0.1) is 6.57 Å². The Hall–Kier alpha value is -5.69. The molecule has 17 nitrogen and oxygen atoms in total. The highest BCUT2D eigenvalue weighted by Gasteiger charge is 2.61. The van der Waals surface area contributed by atoms with Crippen LogP contribution in [-0.2, 0) is 35.7 Å². The van der Waals surface area contributed by atoms with E-state index >= 15 is 0 Å². The first kappa shape index (κ1) is 49.3. The van der Waals surface area contributed by atoms with Crippen molar-refractivity contribution in [3.05, 3.63) is 47.0 Å². The fraction of sp³-hybridized carbons (Fsp3) is 0.686. The molecule has 356 valence electrons. The van der Waals surface area contributed by atoms with E-state index in [1.165, 1.54) is 5.01 Å². The number of piperidine rings is 2. The second-order valence-electron chi connectivity index (χ2n) is 15.8. The minimum atomic E-state index is -5.79. The lowest BCUT2D eigenvalue weighted by molar-refractivity contribution is -0.309. The molecular formula is C35H41F12N11O6. The van der Waals surface area contributed by atoms with E-state index in [1.807, 2.05) is 4.57 Å². The maximum absolute atomic E-state index is 12.7. The van der Waals surface area contributed by atoms with Gasteiger partial charge < -0.3 is 44.4 Å². The number of halogens is 12. The summed E-state index contributed by atoms with van der Waals surface area (Å²) in [5.74, 6) is 0.297. The Morgan fingerprint density at radius 2 is 1.05 bits per heavy atom. The molecule has 0 unspecified atom stereocenters. The third kappa shape index (κ3) is 12.3. The number of carbonyl (C=O) groups excluding carboxylic acids is 4. The number of alkyl halides is 12. The number of hydrogen-bond donors (Lipinski definition) is 3. The van der Waals surface area contributed by atoms with E-state index in [4.69, 9.17) is 6.57 Å². The summed E-state index contributed by atoms with van der Waals surface area (Å²) in [7, 11) is 0. The zero-order valence-electron chi connectivity index (χ0n) is 33.8. The van der Waals surface area contributed by atoms with Crippen LogP contribution in [0.4, 0.5) is 62.3 Å². The Labute approximate surface area is 355 Å². The fourth-order valence-electron chi connectivity index (χ4n) is 7.01. The highest BCUT2D eigenvalue weighted by Crippen LogP contribution is 2.38. The van der Waals surface area contributed by atoms with E-state index in [1.54, 1.807) is 30.8 Å². The Morgan fingerprint density at radius 1 is 0.656 bits per heavy atom. The predicted molar refractivity (Wildman–Crippen MR) is 191 cm³/mol. The molecule has 6 rings (SSSR count). The number of ether oxygens (including phenoxy) is 2. The first-order valence-corrected chi connectivity index (χ1v) is 19.3. The highest BCUT2D eigenvalue weighted by atomic mass is 19.4. The van der Waals surface area contributed by atoms with Gasteiger partial charge in [0.2, 0.25) is 0 Å². The second kappa shape index (κ2) is 18.4. The molecule has 4 aliphatic heterocycles. The monoisotopic (exact) mass is 939 g/mol. The lowest BCUT2D eigenvalue weighted by Crippen LogP contribution is -2.55. The second-order valence-corrected chi connectivity index (χ2v) is 15.8. The molecule has 4 aliphatic rings. The van der Waals surface area contributed by atoms with Gasteiger partial charge in [-0.2, -0.15) is 64.2 Å². The van der Waals surface area contributed by atoms with Crippen LogP contribution in [0.15, 0.2) is 12.4 Å². The largest absolute Gasteiger partial charge is 0.434 e. The van der Waals surface area contributed by atoms with Crippen LogP contribution >= 0.6 is 0 Å². The van der Waals surface area contributed by atoms with Crippen LogP contribution in [0.5, 0.6) is 0 Å². The molecule has 64 heavy (non-hydrogen) atoms. The highest BCUT2D eigenvalue weighted by molar-refractivity contribution is 5.93. The van der Waals surface area contributed by atoms with Crippen molar-refractivity contribution in [2.75, 3.05) is 39.3 Å². The van der Waals surface area contributed by atoms with E-state index in [9.17, 15) is 71.9 Å². The lowest BCUT2D eigenvalue weighted by Gasteiger charge is -2.39. The summed E-state index contributed by atoms with van der Waals surface area (Å²) >= 11 is 0. The first-order valence-electron chi connectivity index (χ1n) is 19.3. The number of rotatable bonds is 6. The Balaban J connectivity index is 0.000000241. The van der Waals surface area contributed by atoms with Crippen LogP contribution in [0.3, 0.4) is 0 Å². The van der Waals surface area contributed by atoms with E-state index in [0.29, 0.717) is 37.8 Å². The number of aromatic nitrogens is 4. The van der Waals surface area contributed by atoms with Gasteiger partial charge in [-0.1, -0.05) is 0 Å². The minimum Gasteiger partial charge on any atom is -0.426 e. The lowest BCUT2D eigenvalue weighted by atomic mass is 9.89. The molecular weight excluding hydrogens is 898 g/mol. The Bertz CT molecular complexity index is 2010. The number of hydrogen-bond acceptors (Lipinski definition) is 10. The van der Waals surface area contributed by atoms with E-state index in [0.717, 1.165) is 16.3 Å². The summed E-state index contributed by atoms with van der Waals surface area (Å²) < 4.78 is 162. The number of imidazole rings is 2. The van der Waals surface area contributed by atoms with Crippen molar-refractivity contribution in [1.82, 2.24) is 49.9 Å². The van der Waals surface area contributed by atoms with E-state index in [2.05, 4.69) is 40.3 Å². The zero-order valence-corrected chi connectivity index (χ0v) is 33.8. The molecule has 6 heterocycles. The molecule has 2 saturated heterocycles. The number of nitrogens with one attached hydrogen (secondary N) is 3. The van der Waals surface area contributed by atoms with E-state index in [-0.39, 0.29) is 69.8 Å². The minimum absolute atomic E-state index is 0.0790. The topological polar surface area (TPSA) is 173 Å². The van der Waals surface area contributed by atoms with Crippen LogP contribution in [0.1, 0.15) is 72.2 Å². The van der Waals surface area contributed by atoms with Crippen molar-refractivity contribution in [3.63, 3.8) is 0 Å². The van der Waals surface area contributed by atoms with Gasteiger partial charge in [0.05, 0.1) is 6.54 Å². The molecule has 2 aromatic rings. The van der Waals surface area contributed by atoms with Crippen molar-refractivity contribution in [3.8, 4) is 0 Å². The zero-order chi connectivity index (χ0) is 47.6. The van der Waals surface area contributed by atoms with Crippen LogP contribution in [0.2, 0.25) is 0 Å². The number of fused-ring (bicyclic) bond motifs is 2. The predicted octanol–water partition coefficient (Wildman–Crippen LogP) is 4.95. The third-order valence-electron chi connectivity index (χ3n) is 10.8. The maximum atomic E-state index is 12.7. The number of nitrogens with zero attached hydrogens (tertiary/aromatic N) is 8. The van der Waals surface area contributed by atoms with Crippen molar-refractivity contribution in [1.29, 1.82) is 0 Å².